The van der Waals surface area contributed by atoms with Gasteiger partial charge in [0, 0.05) is 9.92 Å². The zero-order valence-corrected chi connectivity index (χ0v) is 12.9. The predicted molar refractivity (Wildman–Crippen MR) is 86.8 cm³/mol. The third-order valence-corrected chi connectivity index (χ3v) is 4.15. The summed E-state index contributed by atoms with van der Waals surface area (Å²) in [6.07, 6.45) is 1.87. The van der Waals surface area contributed by atoms with Gasteiger partial charge in [-0.1, -0.05) is 41.6 Å². The summed E-state index contributed by atoms with van der Waals surface area (Å²) in [5.41, 5.74) is 3.47. The molecule has 0 saturated carbocycles. The summed E-state index contributed by atoms with van der Waals surface area (Å²) in [5, 5.41) is 9.96. The van der Waals surface area contributed by atoms with Crippen LogP contribution >= 0.6 is 23.4 Å². The average Bonchev–Trinajstić information content (AvgIpc) is 2.44. The summed E-state index contributed by atoms with van der Waals surface area (Å²) in [6, 6.07) is 15.9. The minimum Gasteiger partial charge on any atom is -0.192 e. The van der Waals surface area contributed by atoms with Crippen molar-refractivity contribution < 1.29 is 0 Å². The van der Waals surface area contributed by atoms with Crippen molar-refractivity contribution in [3.05, 3.63) is 69.1 Å². The van der Waals surface area contributed by atoms with Crippen LogP contribution in [0.15, 0.2) is 52.3 Å². The molecule has 2 aromatic carbocycles. The molecule has 0 aromatic heterocycles. The van der Waals surface area contributed by atoms with Crippen molar-refractivity contribution in [2.24, 2.45) is 0 Å². The number of nitrogens with zero attached hydrogens (tertiary/aromatic N) is 1. The third-order valence-electron chi connectivity index (χ3n) is 2.98. The van der Waals surface area contributed by atoms with Gasteiger partial charge in [-0.15, -0.1) is 0 Å². The highest BCUT2D eigenvalue weighted by Crippen LogP contribution is 2.29. The minimum absolute atomic E-state index is 0.663. The van der Waals surface area contributed by atoms with E-state index < -0.39 is 0 Å². The molecular weight excluding hydrogens is 286 g/mol. The van der Waals surface area contributed by atoms with Crippen LogP contribution in [-0.4, -0.2) is 0 Å². The van der Waals surface area contributed by atoms with E-state index in [0.717, 1.165) is 10.5 Å². The van der Waals surface area contributed by atoms with Crippen LogP contribution < -0.4 is 0 Å². The molecule has 0 radical (unpaired) electrons. The van der Waals surface area contributed by atoms with Crippen LogP contribution in [0.25, 0.3) is 6.08 Å². The van der Waals surface area contributed by atoms with Crippen LogP contribution in [0, 0.1) is 25.2 Å². The molecule has 0 aliphatic carbocycles. The Balaban J connectivity index is 2.22. The van der Waals surface area contributed by atoms with Gasteiger partial charge in [0.15, 0.2) is 0 Å². The van der Waals surface area contributed by atoms with Gasteiger partial charge in [-0.3, -0.25) is 0 Å². The molecule has 0 fully saturated rings. The van der Waals surface area contributed by atoms with E-state index in [9.17, 15) is 5.26 Å². The van der Waals surface area contributed by atoms with Gasteiger partial charge in [0.25, 0.3) is 0 Å². The number of benzene rings is 2. The van der Waals surface area contributed by atoms with E-state index in [1.54, 1.807) is 0 Å². The first-order valence-electron chi connectivity index (χ1n) is 6.21. The molecule has 0 aliphatic heterocycles. The van der Waals surface area contributed by atoms with Crippen molar-refractivity contribution in [2.45, 2.75) is 18.7 Å². The van der Waals surface area contributed by atoms with Crippen molar-refractivity contribution in [2.75, 3.05) is 0 Å². The molecule has 0 heterocycles. The highest BCUT2D eigenvalue weighted by atomic mass is 35.5. The zero-order valence-electron chi connectivity index (χ0n) is 11.4. The summed E-state index contributed by atoms with van der Waals surface area (Å²) in [4.78, 5) is 1.74. The Morgan fingerprint density at radius 2 is 1.80 bits per heavy atom. The number of hydrogen-bond acceptors (Lipinski definition) is 2. The van der Waals surface area contributed by atoms with E-state index in [1.807, 2.05) is 36.4 Å². The van der Waals surface area contributed by atoms with Crippen LogP contribution in [0.3, 0.4) is 0 Å². The van der Waals surface area contributed by atoms with E-state index >= 15 is 0 Å². The first kappa shape index (κ1) is 14.7. The molecular formula is C17H14ClNS. The van der Waals surface area contributed by atoms with Gasteiger partial charge < -0.3 is 0 Å². The quantitative estimate of drug-likeness (QED) is 0.543. The van der Waals surface area contributed by atoms with Gasteiger partial charge >= 0.3 is 0 Å². The van der Waals surface area contributed by atoms with Crippen molar-refractivity contribution in [3.63, 3.8) is 0 Å². The molecule has 0 N–H and O–H groups in total. The minimum atomic E-state index is 0.663. The van der Waals surface area contributed by atoms with Gasteiger partial charge in [-0.2, -0.15) is 5.26 Å². The molecule has 0 bridgehead atoms. The van der Waals surface area contributed by atoms with Crippen LogP contribution in [0.4, 0.5) is 0 Å². The normalized spacial score (nSPS) is 11.2. The monoisotopic (exact) mass is 299 g/mol. The van der Waals surface area contributed by atoms with Gasteiger partial charge in [-0.25, -0.2) is 0 Å². The van der Waals surface area contributed by atoms with Crippen LogP contribution in [-0.2, 0) is 0 Å². The molecule has 2 rings (SSSR count). The second kappa shape index (κ2) is 6.65. The maximum atomic E-state index is 9.26. The fourth-order valence-electron chi connectivity index (χ4n) is 1.70. The number of allylic oxidation sites excluding steroid dienone is 1. The number of hydrogen-bond donors (Lipinski definition) is 0. The van der Waals surface area contributed by atoms with Crippen LogP contribution in [0.1, 0.15) is 16.7 Å². The lowest BCUT2D eigenvalue weighted by molar-refractivity contribution is 1.28. The summed E-state index contributed by atoms with van der Waals surface area (Å²) in [5.74, 6) is 0. The van der Waals surface area contributed by atoms with Crippen molar-refractivity contribution >= 4 is 29.4 Å². The summed E-state index contributed by atoms with van der Waals surface area (Å²) >= 11 is 7.33. The Hall–Kier alpha value is -1.69. The zero-order chi connectivity index (χ0) is 14.5. The van der Waals surface area contributed by atoms with Gasteiger partial charge in [-0.05, 0) is 60.9 Å². The second-order valence-corrected chi connectivity index (χ2v) is 6.07. The SMILES string of the molecule is Cc1ccc(S/C(C#N)=C/c2ccc(Cl)cc2)cc1C. The lowest BCUT2D eigenvalue weighted by Gasteiger charge is -2.04. The van der Waals surface area contributed by atoms with E-state index in [-0.39, 0.29) is 0 Å². The molecule has 0 saturated heterocycles. The maximum absolute atomic E-state index is 9.26. The van der Waals surface area contributed by atoms with Crippen molar-refractivity contribution in [1.82, 2.24) is 0 Å². The number of nitriles is 1. The summed E-state index contributed by atoms with van der Waals surface area (Å²) in [6.45, 7) is 4.16. The Labute approximate surface area is 128 Å². The second-order valence-electron chi connectivity index (χ2n) is 4.52. The Kier molecular flexibility index (Phi) is 4.89. The molecule has 0 atom stereocenters. The number of rotatable bonds is 3. The van der Waals surface area contributed by atoms with Gasteiger partial charge in [0.2, 0.25) is 0 Å². The molecule has 0 amide bonds. The summed E-state index contributed by atoms with van der Waals surface area (Å²) in [7, 11) is 0. The number of halogens is 1. The lowest BCUT2D eigenvalue weighted by Crippen LogP contribution is -1.82. The third kappa shape index (κ3) is 3.90. The standard InChI is InChI=1S/C17H14ClNS/c1-12-3-8-16(9-13(12)2)20-17(11-19)10-14-4-6-15(18)7-5-14/h3-10H,1-2H3/b17-10+. The van der Waals surface area contributed by atoms with Gasteiger partial charge in [0.1, 0.15) is 6.07 Å². The Morgan fingerprint density at radius 1 is 1.10 bits per heavy atom. The van der Waals surface area contributed by atoms with Crippen molar-refractivity contribution in [3.8, 4) is 6.07 Å². The van der Waals surface area contributed by atoms with Crippen LogP contribution in [0.2, 0.25) is 5.02 Å². The molecule has 3 heteroatoms. The fourth-order valence-corrected chi connectivity index (χ4v) is 2.69. The molecule has 0 unspecified atom stereocenters. The first-order valence-corrected chi connectivity index (χ1v) is 7.40. The smallest absolute Gasteiger partial charge is 0.106 e. The highest BCUT2D eigenvalue weighted by molar-refractivity contribution is 8.03. The predicted octanol–water partition coefficient (Wildman–Crippen LogP) is 5.61. The Bertz CT molecular complexity index is 681. The lowest BCUT2D eigenvalue weighted by atomic mass is 10.1. The maximum Gasteiger partial charge on any atom is 0.106 e. The van der Waals surface area contributed by atoms with Crippen molar-refractivity contribution in [1.29, 1.82) is 5.26 Å². The van der Waals surface area contributed by atoms with E-state index in [4.69, 9.17) is 11.6 Å². The Morgan fingerprint density at radius 3 is 2.40 bits per heavy atom. The first-order chi connectivity index (χ1) is 9.58. The molecule has 0 spiro atoms. The largest absolute Gasteiger partial charge is 0.192 e. The topological polar surface area (TPSA) is 23.8 Å². The number of thioether (sulfide) groups is 1. The molecule has 1 nitrogen and oxygen atoms in total. The fraction of sp³-hybridized carbons (Fsp3) is 0.118. The molecule has 0 aliphatic rings. The van der Waals surface area contributed by atoms with E-state index in [1.165, 1.54) is 22.9 Å². The highest BCUT2D eigenvalue weighted by Gasteiger charge is 2.02. The summed E-state index contributed by atoms with van der Waals surface area (Å²) < 4.78 is 0. The number of aryl methyl sites for hydroxylation is 2. The van der Waals surface area contributed by atoms with E-state index in [0.29, 0.717) is 9.93 Å². The molecule has 100 valence electrons. The molecule has 20 heavy (non-hydrogen) atoms. The molecule has 2 aromatic rings. The van der Waals surface area contributed by atoms with E-state index in [2.05, 4.69) is 32.0 Å². The van der Waals surface area contributed by atoms with Crippen LogP contribution in [0.5, 0.6) is 0 Å². The van der Waals surface area contributed by atoms with Gasteiger partial charge in [0.05, 0.1) is 4.91 Å². The average molecular weight is 300 g/mol.